The van der Waals surface area contributed by atoms with Crippen LogP contribution in [0.3, 0.4) is 0 Å². The van der Waals surface area contributed by atoms with Gasteiger partial charge in [0.05, 0.1) is 6.54 Å². The zero-order chi connectivity index (χ0) is 10.4. The lowest BCUT2D eigenvalue weighted by Gasteiger charge is -2.13. The van der Waals surface area contributed by atoms with Gasteiger partial charge in [-0.1, -0.05) is 25.1 Å². The van der Waals surface area contributed by atoms with Crippen LogP contribution in [-0.4, -0.2) is 30.9 Å². The molecule has 1 rings (SSSR count). The van der Waals surface area contributed by atoms with Crippen LogP contribution in [0.4, 0.5) is 5.69 Å². The van der Waals surface area contributed by atoms with E-state index in [1.165, 1.54) is 0 Å². The van der Waals surface area contributed by atoms with E-state index in [-0.39, 0.29) is 5.91 Å². The molecule has 76 valence electrons. The minimum atomic E-state index is 0.0283. The van der Waals surface area contributed by atoms with Gasteiger partial charge in [-0.25, -0.2) is 0 Å². The number of amides is 1. The Kier molecular flexibility index (Phi) is 4.13. The van der Waals surface area contributed by atoms with Crippen LogP contribution in [0.2, 0.25) is 0 Å². The molecule has 0 fully saturated rings. The van der Waals surface area contributed by atoms with E-state index in [1.54, 1.807) is 0 Å². The Bertz CT molecular complexity index is 285. The molecule has 3 nitrogen and oxygen atoms in total. The molecule has 1 aromatic rings. The molecule has 0 aliphatic rings. The molecule has 0 heterocycles. The van der Waals surface area contributed by atoms with Gasteiger partial charge in [-0.2, -0.15) is 0 Å². The molecule has 0 radical (unpaired) electrons. The number of para-hydroxylation sites is 1. The van der Waals surface area contributed by atoms with Gasteiger partial charge < -0.3 is 5.32 Å². The van der Waals surface area contributed by atoms with Gasteiger partial charge in [0, 0.05) is 5.69 Å². The van der Waals surface area contributed by atoms with Crippen LogP contribution >= 0.6 is 0 Å². The van der Waals surface area contributed by atoms with Crippen molar-refractivity contribution < 1.29 is 4.79 Å². The third-order valence-electron chi connectivity index (χ3n) is 2.01. The molecule has 14 heavy (non-hydrogen) atoms. The van der Waals surface area contributed by atoms with Gasteiger partial charge in [-0.15, -0.1) is 0 Å². The maximum atomic E-state index is 11.4. The number of nitrogens with one attached hydrogen (secondary N) is 1. The number of likely N-dealkylation sites (N-methyl/N-ethyl adjacent to an activating group) is 1. The minimum Gasteiger partial charge on any atom is -0.325 e. The zero-order valence-electron chi connectivity index (χ0n) is 8.66. The Morgan fingerprint density at radius 3 is 2.57 bits per heavy atom. The fourth-order valence-corrected chi connectivity index (χ4v) is 1.08. The van der Waals surface area contributed by atoms with Crippen LogP contribution in [0.25, 0.3) is 0 Å². The first-order valence-electron chi connectivity index (χ1n) is 4.76. The Balaban J connectivity index is 2.42. The molecule has 0 aliphatic carbocycles. The Labute approximate surface area is 84.7 Å². The molecular weight excluding hydrogens is 176 g/mol. The highest BCUT2D eigenvalue weighted by molar-refractivity contribution is 5.92. The summed E-state index contributed by atoms with van der Waals surface area (Å²) in [7, 11) is 1.92. The normalized spacial score (nSPS) is 10.2. The van der Waals surface area contributed by atoms with E-state index in [1.807, 2.05) is 49.2 Å². The largest absolute Gasteiger partial charge is 0.325 e. The first-order chi connectivity index (χ1) is 6.72. The van der Waals surface area contributed by atoms with E-state index in [2.05, 4.69) is 5.32 Å². The molecule has 0 aliphatic heterocycles. The predicted molar refractivity (Wildman–Crippen MR) is 58.2 cm³/mol. The summed E-state index contributed by atoms with van der Waals surface area (Å²) in [5.41, 5.74) is 0.849. The van der Waals surface area contributed by atoms with Crippen LogP contribution < -0.4 is 5.32 Å². The van der Waals surface area contributed by atoms with Crippen LogP contribution in [0, 0.1) is 0 Å². The number of hydrogen-bond donors (Lipinski definition) is 1. The number of carbonyl (C=O) groups is 1. The van der Waals surface area contributed by atoms with E-state index < -0.39 is 0 Å². The molecule has 3 heteroatoms. The van der Waals surface area contributed by atoms with Gasteiger partial charge in [0.2, 0.25) is 5.91 Å². The van der Waals surface area contributed by atoms with Crippen molar-refractivity contribution >= 4 is 11.6 Å². The van der Waals surface area contributed by atoms with Crippen LogP contribution in [-0.2, 0) is 4.79 Å². The van der Waals surface area contributed by atoms with Gasteiger partial charge in [-0.3, -0.25) is 9.69 Å². The van der Waals surface area contributed by atoms with Crippen molar-refractivity contribution in [2.75, 3.05) is 25.5 Å². The summed E-state index contributed by atoms with van der Waals surface area (Å²) in [6, 6.07) is 9.49. The van der Waals surface area contributed by atoms with Gasteiger partial charge in [0.1, 0.15) is 0 Å². The highest BCUT2D eigenvalue weighted by Gasteiger charge is 2.03. The highest BCUT2D eigenvalue weighted by Crippen LogP contribution is 2.04. The molecule has 0 unspecified atom stereocenters. The monoisotopic (exact) mass is 192 g/mol. The topological polar surface area (TPSA) is 32.3 Å². The van der Waals surface area contributed by atoms with Crippen molar-refractivity contribution in [1.29, 1.82) is 0 Å². The van der Waals surface area contributed by atoms with E-state index >= 15 is 0 Å². The number of anilines is 1. The first-order valence-corrected chi connectivity index (χ1v) is 4.76. The summed E-state index contributed by atoms with van der Waals surface area (Å²) in [5.74, 6) is 0.0283. The standard InChI is InChI=1S/C11H16N2O/c1-3-13(2)9-11(14)12-10-7-5-4-6-8-10/h4-8H,3,9H2,1-2H3,(H,12,14). The molecule has 1 amide bonds. The molecule has 0 aromatic heterocycles. The van der Waals surface area contributed by atoms with Crippen molar-refractivity contribution in [3.63, 3.8) is 0 Å². The lowest BCUT2D eigenvalue weighted by Crippen LogP contribution is -2.29. The number of carbonyl (C=O) groups excluding carboxylic acids is 1. The Morgan fingerprint density at radius 1 is 1.36 bits per heavy atom. The second-order valence-corrected chi connectivity index (χ2v) is 3.24. The van der Waals surface area contributed by atoms with Crippen LogP contribution in [0.1, 0.15) is 6.92 Å². The average Bonchev–Trinajstić information content (AvgIpc) is 2.19. The first kappa shape index (κ1) is 10.7. The average molecular weight is 192 g/mol. The summed E-state index contributed by atoms with van der Waals surface area (Å²) in [4.78, 5) is 13.4. The van der Waals surface area contributed by atoms with Crippen LogP contribution in [0.15, 0.2) is 30.3 Å². The molecule has 0 saturated carbocycles. The smallest absolute Gasteiger partial charge is 0.238 e. The lowest BCUT2D eigenvalue weighted by atomic mass is 10.3. The molecule has 1 N–H and O–H groups in total. The maximum absolute atomic E-state index is 11.4. The number of hydrogen-bond acceptors (Lipinski definition) is 2. The fourth-order valence-electron chi connectivity index (χ4n) is 1.08. The molecular formula is C11H16N2O. The Morgan fingerprint density at radius 2 is 2.00 bits per heavy atom. The van der Waals surface area contributed by atoms with Gasteiger partial charge in [0.25, 0.3) is 0 Å². The van der Waals surface area contributed by atoms with E-state index in [0.29, 0.717) is 6.54 Å². The summed E-state index contributed by atoms with van der Waals surface area (Å²) >= 11 is 0. The fraction of sp³-hybridized carbons (Fsp3) is 0.364. The van der Waals surface area contributed by atoms with Crippen molar-refractivity contribution in [2.45, 2.75) is 6.92 Å². The molecule has 0 saturated heterocycles. The van der Waals surface area contributed by atoms with E-state index in [9.17, 15) is 4.79 Å². The number of rotatable bonds is 4. The SMILES string of the molecule is CCN(C)CC(=O)Nc1ccccc1. The number of nitrogens with zero attached hydrogens (tertiary/aromatic N) is 1. The van der Waals surface area contributed by atoms with Crippen molar-refractivity contribution in [3.8, 4) is 0 Å². The van der Waals surface area contributed by atoms with E-state index in [4.69, 9.17) is 0 Å². The number of benzene rings is 1. The molecule has 1 aromatic carbocycles. The second kappa shape index (κ2) is 5.40. The molecule has 0 spiro atoms. The van der Waals surface area contributed by atoms with E-state index in [0.717, 1.165) is 12.2 Å². The predicted octanol–water partition coefficient (Wildman–Crippen LogP) is 1.58. The van der Waals surface area contributed by atoms with Gasteiger partial charge >= 0.3 is 0 Å². The van der Waals surface area contributed by atoms with Gasteiger partial charge in [-0.05, 0) is 25.7 Å². The summed E-state index contributed by atoms with van der Waals surface area (Å²) in [6.45, 7) is 3.34. The van der Waals surface area contributed by atoms with Crippen molar-refractivity contribution in [3.05, 3.63) is 30.3 Å². The molecule has 0 bridgehead atoms. The van der Waals surface area contributed by atoms with Crippen LogP contribution in [0.5, 0.6) is 0 Å². The summed E-state index contributed by atoms with van der Waals surface area (Å²) in [6.07, 6.45) is 0. The Hall–Kier alpha value is -1.35. The third-order valence-corrected chi connectivity index (χ3v) is 2.01. The van der Waals surface area contributed by atoms with Crippen molar-refractivity contribution in [1.82, 2.24) is 4.90 Å². The molecule has 0 atom stereocenters. The summed E-state index contributed by atoms with van der Waals surface area (Å²) in [5, 5.41) is 2.83. The lowest BCUT2D eigenvalue weighted by molar-refractivity contribution is -0.117. The maximum Gasteiger partial charge on any atom is 0.238 e. The quantitative estimate of drug-likeness (QED) is 0.785. The second-order valence-electron chi connectivity index (χ2n) is 3.24. The third kappa shape index (κ3) is 3.58. The minimum absolute atomic E-state index is 0.0283. The highest BCUT2D eigenvalue weighted by atomic mass is 16.2. The van der Waals surface area contributed by atoms with Crippen molar-refractivity contribution in [2.24, 2.45) is 0 Å². The summed E-state index contributed by atoms with van der Waals surface area (Å²) < 4.78 is 0. The zero-order valence-corrected chi connectivity index (χ0v) is 8.66. The van der Waals surface area contributed by atoms with Gasteiger partial charge in [0.15, 0.2) is 0 Å².